The summed E-state index contributed by atoms with van der Waals surface area (Å²) in [5.74, 6) is 0. The maximum absolute atomic E-state index is 4.44. The summed E-state index contributed by atoms with van der Waals surface area (Å²) >= 11 is 0. The zero-order valence-electron chi connectivity index (χ0n) is 12.3. The standard InChI is InChI=1S/C16H25N3/c1-12-7-8-16(9-17-12)19-11-13(2)18(10-14(19)3)15-5-4-6-15/h7-9,13-15H,4-6,10-11H2,1-3H3. The van der Waals surface area contributed by atoms with Crippen molar-refractivity contribution in [1.82, 2.24) is 9.88 Å². The smallest absolute Gasteiger partial charge is 0.0556 e. The van der Waals surface area contributed by atoms with Crippen molar-refractivity contribution in [1.29, 1.82) is 0 Å². The van der Waals surface area contributed by atoms with Crippen LogP contribution in [-0.4, -0.2) is 41.1 Å². The Kier molecular flexibility index (Phi) is 3.48. The summed E-state index contributed by atoms with van der Waals surface area (Å²) in [5.41, 5.74) is 2.37. The Bertz CT molecular complexity index is 424. The number of pyridine rings is 1. The predicted molar refractivity (Wildman–Crippen MR) is 79.6 cm³/mol. The molecule has 3 rings (SSSR count). The Morgan fingerprint density at radius 1 is 1.11 bits per heavy atom. The van der Waals surface area contributed by atoms with Crippen molar-refractivity contribution < 1.29 is 0 Å². The first-order valence-electron chi connectivity index (χ1n) is 7.60. The number of anilines is 1. The Balaban J connectivity index is 1.72. The Hall–Kier alpha value is -1.09. The Labute approximate surface area is 116 Å². The molecule has 2 aliphatic rings. The van der Waals surface area contributed by atoms with Crippen molar-refractivity contribution in [2.45, 2.75) is 58.2 Å². The minimum Gasteiger partial charge on any atom is -0.365 e. The fourth-order valence-corrected chi connectivity index (χ4v) is 3.37. The summed E-state index contributed by atoms with van der Waals surface area (Å²) in [4.78, 5) is 9.69. The molecule has 3 heteroatoms. The van der Waals surface area contributed by atoms with Gasteiger partial charge in [0.05, 0.1) is 11.9 Å². The molecule has 1 aliphatic carbocycles. The maximum Gasteiger partial charge on any atom is 0.0556 e. The van der Waals surface area contributed by atoms with Crippen LogP contribution in [0.15, 0.2) is 18.3 Å². The van der Waals surface area contributed by atoms with E-state index >= 15 is 0 Å². The molecular weight excluding hydrogens is 234 g/mol. The van der Waals surface area contributed by atoms with Gasteiger partial charge in [0.1, 0.15) is 0 Å². The van der Waals surface area contributed by atoms with Gasteiger partial charge in [0.15, 0.2) is 0 Å². The number of hydrogen-bond acceptors (Lipinski definition) is 3. The first-order valence-corrected chi connectivity index (χ1v) is 7.60. The molecule has 3 nitrogen and oxygen atoms in total. The highest BCUT2D eigenvalue weighted by molar-refractivity contribution is 5.46. The Morgan fingerprint density at radius 3 is 2.47 bits per heavy atom. The molecule has 19 heavy (non-hydrogen) atoms. The molecule has 2 atom stereocenters. The second-order valence-electron chi connectivity index (χ2n) is 6.29. The van der Waals surface area contributed by atoms with E-state index in [4.69, 9.17) is 0 Å². The molecule has 0 bridgehead atoms. The number of nitrogens with zero attached hydrogens (tertiary/aromatic N) is 3. The zero-order valence-corrected chi connectivity index (χ0v) is 12.3. The highest BCUT2D eigenvalue weighted by atomic mass is 15.3. The Morgan fingerprint density at radius 2 is 1.89 bits per heavy atom. The largest absolute Gasteiger partial charge is 0.365 e. The van der Waals surface area contributed by atoms with Crippen LogP contribution in [0.4, 0.5) is 5.69 Å². The fourth-order valence-electron chi connectivity index (χ4n) is 3.37. The van der Waals surface area contributed by atoms with E-state index in [9.17, 15) is 0 Å². The lowest BCUT2D eigenvalue weighted by Gasteiger charge is -2.50. The monoisotopic (exact) mass is 259 g/mol. The summed E-state index contributed by atoms with van der Waals surface area (Å²) in [7, 11) is 0. The van der Waals surface area contributed by atoms with Gasteiger partial charge in [-0.1, -0.05) is 6.42 Å². The lowest BCUT2D eigenvalue weighted by molar-refractivity contribution is 0.0643. The van der Waals surface area contributed by atoms with E-state index in [0.717, 1.165) is 18.3 Å². The van der Waals surface area contributed by atoms with Crippen molar-refractivity contribution in [3.05, 3.63) is 24.0 Å². The van der Waals surface area contributed by atoms with E-state index in [1.807, 2.05) is 13.1 Å². The third-order valence-electron chi connectivity index (χ3n) is 4.81. The van der Waals surface area contributed by atoms with Gasteiger partial charge in [0.25, 0.3) is 0 Å². The summed E-state index contributed by atoms with van der Waals surface area (Å²) in [6.45, 7) is 9.09. The highest BCUT2D eigenvalue weighted by Gasteiger charge is 2.35. The summed E-state index contributed by atoms with van der Waals surface area (Å²) in [6, 6.07) is 6.43. The number of aromatic nitrogens is 1. The molecule has 0 amide bonds. The third kappa shape index (κ3) is 2.48. The average Bonchev–Trinajstić information content (AvgIpc) is 2.32. The maximum atomic E-state index is 4.44. The molecule has 0 spiro atoms. The molecule has 1 saturated carbocycles. The van der Waals surface area contributed by atoms with Gasteiger partial charge in [0.2, 0.25) is 0 Å². The molecule has 1 saturated heterocycles. The van der Waals surface area contributed by atoms with E-state index in [0.29, 0.717) is 12.1 Å². The summed E-state index contributed by atoms with van der Waals surface area (Å²) in [6.07, 6.45) is 6.26. The van der Waals surface area contributed by atoms with Crippen LogP contribution in [0.1, 0.15) is 38.8 Å². The molecule has 1 aliphatic heterocycles. The topological polar surface area (TPSA) is 19.4 Å². The molecular formula is C16H25N3. The first-order chi connectivity index (χ1) is 9.15. The van der Waals surface area contributed by atoms with Gasteiger partial charge in [-0.05, 0) is 45.7 Å². The molecule has 0 N–H and O–H groups in total. The van der Waals surface area contributed by atoms with Gasteiger partial charge < -0.3 is 4.90 Å². The van der Waals surface area contributed by atoms with Crippen LogP contribution in [0.3, 0.4) is 0 Å². The van der Waals surface area contributed by atoms with Gasteiger partial charge >= 0.3 is 0 Å². The van der Waals surface area contributed by atoms with E-state index in [1.165, 1.54) is 31.5 Å². The number of piperazine rings is 1. The van der Waals surface area contributed by atoms with Crippen molar-refractivity contribution >= 4 is 5.69 Å². The lowest BCUT2D eigenvalue weighted by Crippen LogP contribution is -2.60. The molecule has 1 aromatic rings. The zero-order chi connectivity index (χ0) is 13.4. The average molecular weight is 259 g/mol. The van der Waals surface area contributed by atoms with Gasteiger partial charge in [0, 0.05) is 36.9 Å². The molecule has 104 valence electrons. The second kappa shape index (κ2) is 5.12. The normalized spacial score (nSPS) is 29.3. The molecule has 0 radical (unpaired) electrons. The first kappa shape index (κ1) is 12.9. The second-order valence-corrected chi connectivity index (χ2v) is 6.29. The number of hydrogen-bond donors (Lipinski definition) is 0. The minimum atomic E-state index is 0.585. The summed E-state index contributed by atoms with van der Waals surface area (Å²) < 4.78 is 0. The lowest BCUT2D eigenvalue weighted by atomic mass is 9.89. The van der Waals surface area contributed by atoms with E-state index in [1.54, 1.807) is 0 Å². The fraction of sp³-hybridized carbons (Fsp3) is 0.688. The van der Waals surface area contributed by atoms with E-state index < -0.39 is 0 Å². The number of aryl methyl sites for hydroxylation is 1. The van der Waals surface area contributed by atoms with Crippen LogP contribution in [0, 0.1) is 6.92 Å². The number of rotatable bonds is 2. The van der Waals surface area contributed by atoms with E-state index in [2.05, 4.69) is 40.8 Å². The minimum absolute atomic E-state index is 0.585. The molecule has 1 aromatic heterocycles. The van der Waals surface area contributed by atoms with Crippen molar-refractivity contribution in [3.8, 4) is 0 Å². The van der Waals surface area contributed by atoms with Crippen LogP contribution in [-0.2, 0) is 0 Å². The molecule has 2 heterocycles. The summed E-state index contributed by atoms with van der Waals surface area (Å²) in [5, 5.41) is 0. The van der Waals surface area contributed by atoms with Crippen molar-refractivity contribution in [2.24, 2.45) is 0 Å². The third-order valence-corrected chi connectivity index (χ3v) is 4.81. The molecule has 0 aromatic carbocycles. The van der Waals surface area contributed by atoms with Crippen LogP contribution in [0.5, 0.6) is 0 Å². The van der Waals surface area contributed by atoms with Crippen LogP contribution in [0.2, 0.25) is 0 Å². The SMILES string of the molecule is Cc1ccc(N2CC(C)N(C3CCC3)CC2C)cn1. The van der Waals surface area contributed by atoms with Gasteiger partial charge in [-0.3, -0.25) is 9.88 Å². The van der Waals surface area contributed by atoms with Crippen LogP contribution < -0.4 is 4.90 Å². The van der Waals surface area contributed by atoms with Gasteiger partial charge in [-0.15, -0.1) is 0 Å². The van der Waals surface area contributed by atoms with Gasteiger partial charge in [-0.25, -0.2) is 0 Å². The van der Waals surface area contributed by atoms with E-state index in [-0.39, 0.29) is 0 Å². The molecule has 2 fully saturated rings. The van der Waals surface area contributed by atoms with Gasteiger partial charge in [-0.2, -0.15) is 0 Å². The quantitative estimate of drug-likeness (QED) is 0.814. The van der Waals surface area contributed by atoms with Crippen molar-refractivity contribution in [3.63, 3.8) is 0 Å². The van der Waals surface area contributed by atoms with Crippen LogP contribution in [0.25, 0.3) is 0 Å². The van der Waals surface area contributed by atoms with Crippen molar-refractivity contribution in [2.75, 3.05) is 18.0 Å². The predicted octanol–water partition coefficient (Wildman–Crippen LogP) is 2.84. The molecule has 2 unspecified atom stereocenters. The highest BCUT2D eigenvalue weighted by Crippen LogP contribution is 2.31. The van der Waals surface area contributed by atoms with Crippen LogP contribution >= 0.6 is 0 Å².